The lowest BCUT2D eigenvalue weighted by molar-refractivity contribution is -0.00454. The van der Waals surface area contributed by atoms with Crippen molar-refractivity contribution in [3.8, 4) is 0 Å². The summed E-state index contributed by atoms with van der Waals surface area (Å²) < 4.78 is 11.3. The summed E-state index contributed by atoms with van der Waals surface area (Å²) in [7, 11) is 2.23. The van der Waals surface area contributed by atoms with E-state index in [0.29, 0.717) is 5.41 Å². The van der Waals surface area contributed by atoms with Crippen LogP contribution in [-0.4, -0.2) is 64.6 Å². The minimum atomic E-state index is 0.388. The lowest BCUT2D eigenvalue weighted by atomic mass is 9.79. The normalized spacial score (nSPS) is 22.4. The average molecular weight is 284 g/mol. The summed E-state index contributed by atoms with van der Waals surface area (Å²) >= 11 is 0. The van der Waals surface area contributed by atoms with E-state index in [2.05, 4.69) is 24.2 Å². The summed E-state index contributed by atoms with van der Waals surface area (Å²) in [6.45, 7) is 10.2. The highest BCUT2D eigenvalue weighted by molar-refractivity contribution is 4.86. The minimum Gasteiger partial charge on any atom is -0.381 e. The maximum atomic E-state index is 5.75. The van der Waals surface area contributed by atoms with Crippen molar-refractivity contribution in [2.75, 3.05) is 59.7 Å². The van der Waals surface area contributed by atoms with E-state index in [9.17, 15) is 0 Å². The predicted octanol–water partition coefficient (Wildman–Crippen LogP) is 1.75. The van der Waals surface area contributed by atoms with Crippen molar-refractivity contribution in [3.05, 3.63) is 0 Å². The zero-order chi connectivity index (χ0) is 14.3. The Hall–Kier alpha value is -0.160. The van der Waals surface area contributed by atoms with Gasteiger partial charge in [-0.05, 0) is 50.6 Å². The van der Waals surface area contributed by atoms with Crippen LogP contribution < -0.4 is 5.32 Å². The molecule has 2 aliphatic rings. The van der Waals surface area contributed by atoms with Gasteiger partial charge in [0.05, 0.1) is 6.61 Å². The van der Waals surface area contributed by atoms with Crippen LogP contribution in [0.4, 0.5) is 0 Å². The highest BCUT2D eigenvalue weighted by Crippen LogP contribution is 2.31. The molecule has 2 fully saturated rings. The zero-order valence-corrected chi connectivity index (χ0v) is 13.3. The smallest absolute Gasteiger partial charge is 0.0593 e. The van der Waals surface area contributed by atoms with E-state index in [-0.39, 0.29) is 0 Å². The molecule has 1 heterocycles. The molecule has 0 spiro atoms. The molecule has 0 bridgehead atoms. The van der Waals surface area contributed by atoms with Gasteiger partial charge in [0.2, 0.25) is 0 Å². The van der Waals surface area contributed by atoms with Crippen molar-refractivity contribution < 1.29 is 9.47 Å². The third kappa shape index (κ3) is 5.68. The molecule has 2 rings (SSSR count). The maximum Gasteiger partial charge on any atom is 0.0593 e. The lowest BCUT2D eigenvalue weighted by Crippen LogP contribution is -2.47. The number of nitrogens with zero attached hydrogens (tertiary/aromatic N) is 1. The molecule has 1 saturated heterocycles. The molecular weight excluding hydrogens is 252 g/mol. The molecule has 0 aromatic carbocycles. The summed E-state index contributed by atoms with van der Waals surface area (Å²) in [6, 6.07) is 0. The molecule has 4 heteroatoms. The van der Waals surface area contributed by atoms with Gasteiger partial charge in [-0.25, -0.2) is 0 Å². The SMILES string of the molecule is CCNCC1(CN(C)CCOCC2CC2)CCOCC1. The third-order valence-corrected chi connectivity index (χ3v) is 4.58. The van der Waals surface area contributed by atoms with Crippen LogP contribution in [0, 0.1) is 11.3 Å². The van der Waals surface area contributed by atoms with Gasteiger partial charge >= 0.3 is 0 Å². The number of hydrogen-bond donors (Lipinski definition) is 1. The Morgan fingerprint density at radius 1 is 1.30 bits per heavy atom. The van der Waals surface area contributed by atoms with E-state index >= 15 is 0 Å². The predicted molar refractivity (Wildman–Crippen MR) is 82.1 cm³/mol. The number of hydrogen-bond acceptors (Lipinski definition) is 4. The fraction of sp³-hybridized carbons (Fsp3) is 1.00. The molecule has 0 amide bonds. The van der Waals surface area contributed by atoms with Crippen molar-refractivity contribution >= 4 is 0 Å². The van der Waals surface area contributed by atoms with Crippen LogP contribution in [0.5, 0.6) is 0 Å². The number of ether oxygens (including phenoxy) is 2. The summed E-state index contributed by atoms with van der Waals surface area (Å²) in [4.78, 5) is 2.44. The van der Waals surface area contributed by atoms with E-state index in [1.165, 1.54) is 25.7 Å². The molecule has 4 nitrogen and oxygen atoms in total. The van der Waals surface area contributed by atoms with E-state index in [0.717, 1.165) is 58.5 Å². The van der Waals surface area contributed by atoms with Crippen molar-refractivity contribution in [1.82, 2.24) is 10.2 Å². The first-order valence-corrected chi connectivity index (χ1v) is 8.29. The van der Waals surface area contributed by atoms with Crippen LogP contribution in [0.2, 0.25) is 0 Å². The summed E-state index contributed by atoms with van der Waals surface area (Å²) in [5.74, 6) is 0.871. The van der Waals surface area contributed by atoms with E-state index in [1.54, 1.807) is 0 Å². The highest BCUT2D eigenvalue weighted by Gasteiger charge is 2.33. The van der Waals surface area contributed by atoms with Crippen molar-refractivity contribution in [2.45, 2.75) is 32.6 Å². The molecule has 1 aliphatic heterocycles. The van der Waals surface area contributed by atoms with Gasteiger partial charge < -0.3 is 19.7 Å². The van der Waals surface area contributed by atoms with Crippen LogP contribution in [-0.2, 0) is 9.47 Å². The molecule has 1 N–H and O–H groups in total. The van der Waals surface area contributed by atoms with Gasteiger partial charge in [0.1, 0.15) is 0 Å². The molecule has 0 radical (unpaired) electrons. The fourth-order valence-corrected chi connectivity index (χ4v) is 2.99. The maximum absolute atomic E-state index is 5.75. The van der Waals surface area contributed by atoms with Gasteiger partial charge in [0.15, 0.2) is 0 Å². The van der Waals surface area contributed by atoms with E-state index in [4.69, 9.17) is 9.47 Å². The Morgan fingerprint density at radius 3 is 2.70 bits per heavy atom. The molecule has 20 heavy (non-hydrogen) atoms. The molecule has 0 aromatic rings. The van der Waals surface area contributed by atoms with Crippen LogP contribution in [0.25, 0.3) is 0 Å². The quantitative estimate of drug-likeness (QED) is 0.620. The Labute approximate surface area is 124 Å². The average Bonchev–Trinajstić information content (AvgIpc) is 3.27. The molecule has 0 aromatic heterocycles. The first kappa shape index (κ1) is 16.2. The summed E-state index contributed by atoms with van der Waals surface area (Å²) in [6.07, 6.45) is 5.10. The van der Waals surface area contributed by atoms with Crippen LogP contribution >= 0.6 is 0 Å². The van der Waals surface area contributed by atoms with Gasteiger partial charge in [0.25, 0.3) is 0 Å². The van der Waals surface area contributed by atoms with Crippen molar-refractivity contribution in [3.63, 3.8) is 0 Å². The minimum absolute atomic E-state index is 0.388. The second-order valence-corrected chi connectivity index (χ2v) is 6.65. The second-order valence-electron chi connectivity index (χ2n) is 6.65. The molecule has 0 atom stereocenters. The van der Waals surface area contributed by atoms with Gasteiger partial charge in [-0.2, -0.15) is 0 Å². The molecule has 1 saturated carbocycles. The second kappa shape index (κ2) is 8.32. The standard InChI is InChI=1S/C16H32N2O2/c1-3-17-13-16(6-9-19-10-7-16)14-18(2)8-11-20-12-15-4-5-15/h15,17H,3-14H2,1-2H3. The van der Waals surface area contributed by atoms with Crippen LogP contribution in [0.3, 0.4) is 0 Å². The third-order valence-electron chi connectivity index (χ3n) is 4.58. The van der Waals surface area contributed by atoms with Gasteiger partial charge in [-0.15, -0.1) is 0 Å². The Balaban J connectivity index is 1.67. The Kier molecular flexibility index (Phi) is 6.75. The number of rotatable bonds is 10. The number of likely N-dealkylation sites (N-methyl/N-ethyl adjacent to an activating group) is 1. The monoisotopic (exact) mass is 284 g/mol. The highest BCUT2D eigenvalue weighted by atomic mass is 16.5. The van der Waals surface area contributed by atoms with E-state index in [1.807, 2.05) is 0 Å². The molecule has 118 valence electrons. The van der Waals surface area contributed by atoms with Crippen LogP contribution in [0.15, 0.2) is 0 Å². The first-order valence-electron chi connectivity index (χ1n) is 8.29. The molecular formula is C16H32N2O2. The molecule has 0 unspecified atom stereocenters. The summed E-state index contributed by atoms with van der Waals surface area (Å²) in [5, 5.41) is 3.54. The number of nitrogens with one attached hydrogen (secondary N) is 1. The van der Waals surface area contributed by atoms with Gasteiger partial charge in [0, 0.05) is 39.5 Å². The van der Waals surface area contributed by atoms with Crippen molar-refractivity contribution in [2.24, 2.45) is 11.3 Å². The topological polar surface area (TPSA) is 33.7 Å². The fourth-order valence-electron chi connectivity index (χ4n) is 2.99. The van der Waals surface area contributed by atoms with E-state index < -0.39 is 0 Å². The summed E-state index contributed by atoms with van der Waals surface area (Å²) in [5.41, 5.74) is 0.388. The first-order chi connectivity index (χ1) is 9.74. The van der Waals surface area contributed by atoms with Gasteiger partial charge in [-0.3, -0.25) is 0 Å². The van der Waals surface area contributed by atoms with Crippen molar-refractivity contribution in [1.29, 1.82) is 0 Å². The lowest BCUT2D eigenvalue weighted by Gasteiger charge is -2.40. The van der Waals surface area contributed by atoms with Crippen LogP contribution in [0.1, 0.15) is 32.6 Å². The Morgan fingerprint density at radius 2 is 2.05 bits per heavy atom. The largest absolute Gasteiger partial charge is 0.381 e. The van der Waals surface area contributed by atoms with Gasteiger partial charge in [-0.1, -0.05) is 6.92 Å². The molecule has 1 aliphatic carbocycles. The zero-order valence-electron chi connectivity index (χ0n) is 13.3. The Bertz CT molecular complexity index is 263.